The monoisotopic (exact) mass is 318 g/mol. The topological polar surface area (TPSA) is 64.8 Å². The number of ether oxygens (including phenoxy) is 2. The lowest BCUT2D eigenvalue weighted by Crippen LogP contribution is -2.59. The Morgan fingerprint density at radius 3 is 2.57 bits per heavy atom. The van der Waals surface area contributed by atoms with Crippen molar-refractivity contribution >= 4 is 18.3 Å². The first kappa shape index (κ1) is 17.0. The lowest BCUT2D eigenvalue weighted by atomic mass is 9.87. The average molecular weight is 319 g/mol. The smallest absolute Gasteiger partial charge is 0.240 e. The molecule has 2 saturated heterocycles. The highest BCUT2D eigenvalue weighted by Crippen LogP contribution is 2.30. The molecule has 3 atom stereocenters. The van der Waals surface area contributed by atoms with Crippen molar-refractivity contribution < 1.29 is 14.3 Å². The molecule has 2 heterocycles. The van der Waals surface area contributed by atoms with E-state index >= 15 is 0 Å². The summed E-state index contributed by atoms with van der Waals surface area (Å²) >= 11 is 0. The second kappa shape index (κ2) is 7.77. The molecule has 3 fully saturated rings. The molecule has 21 heavy (non-hydrogen) atoms. The average Bonchev–Trinajstić information content (AvgIpc) is 2.54. The van der Waals surface area contributed by atoms with Crippen LogP contribution in [0.15, 0.2) is 0 Å². The molecule has 1 amide bonds. The highest BCUT2D eigenvalue weighted by molar-refractivity contribution is 5.85. The van der Waals surface area contributed by atoms with Crippen molar-refractivity contribution in [1.29, 1.82) is 0 Å². The number of carbonyl (C=O) groups is 1. The Morgan fingerprint density at radius 1 is 1.10 bits per heavy atom. The van der Waals surface area contributed by atoms with Gasteiger partial charge in [-0.3, -0.25) is 4.79 Å². The van der Waals surface area contributed by atoms with Crippen molar-refractivity contribution in [3.63, 3.8) is 0 Å². The van der Waals surface area contributed by atoms with Crippen LogP contribution in [0.25, 0.3) is 0 Å². The Morgan fingerprint density at radius 2 is 1.81 bits per heavy atom. The predicted octanol–water partition coefficient (Wildman–Crippen LogP) is 1.33. The molecule has 5 nitrogen and oxygen atoms in total. The number of hydrogen-bond acceptors (Lipinski definition) is 4. The lowest BCUT2D eigenvalue weighted by Gasteiger charge is -2.45. The number of morpholine rings is 1. The Bertz CT molecular complexity index is 348. The van der Waals surface area contributed by atoms with Gasteiger partial charge in [0.05, 0.1) is 24.8 Å². The van der Waals surface area contributed by atoms with E-state index in [1.807, 2.05) is 4.90 Å². The maximum absolute atomic E-state index is 12.8. The highest BCUT2D eigenvalue weighted by atomic mass is 35.5. The van der Waals surface area contributed by atoms with Gasteiger partial charge in [0.15, 0.2) is 0 Å². The first-order valence-corrected chi connectivity index (χ1v) is 8.03. The van der Waals surface area contributed by atoms with Gasteiger partial charge in [0, 0.05) is 19.8 Å². The molecule has 3 rings (SSSR count). The Balaban J connectivity index is 0.00000161. The molecule has 0 aromatic heterocycles. The third-order valence-corrected chi connectivity index (χ3v) is 5.07. The quantitative estimate of drug-likeness (QED) is 0.834. The third kappa shape index (κ3) is 3.70. The number of nitrogens with two attached hydrogens (primary N) is 1. The first-order chi connectivity index (χ1) is 9.77. The summed E-state index contributed by atoms with van der Waals surface area (Å²) in [6.07, 6.45) is 6.62. The summed E-state index contributed by atoms with van der Waals surface area (Å²) in [7, 11) is 0. The van der Waals surface area contributed by atoms with Crippen LogP contribution in [-0.2, 0) is 14.3 Å². The van der Waals surface area contributed by atoms with E-state index in [1.54, 1.807) is 0 Å². The van der Waals surface area contributed by atoms with E-state index in [2.05, 4.69) is 0 Å². The minimum absolute atomic E-state index is 0. The second-order valence-corrected chi connectivity index (χ2v) is 6.27. The van der Waals surface area contributed by atoms with Crippen LogP contribution in [0.5, 0.6) is 0 Å². The summed E-state index contributed by atoms with van der Waals surface area (Å²) in [5, 5.41) is 0. The molecule has 0 spiro atoms. The summed E-state index contributed by atoms with van der Waals surface area (Å²) in [4.78, 5) is 14.8. The zero-order chi connectivity index (χ0) is 13.9. The molecule has 6 heteroatoms. The molecule has 0 radical (unpaired) electrons. The van der Waals surface area contributed by atoms with E-state index in [9.17, 15) is 4.79 Å². The van der Waals surface area contributed by atoms with Crippen molar-refractivity contribution in [3.05, 3.63) is 0 Å². The van der Waals surface area contributed by atoms with E-state index < -0.39 is 0 Å². The minimum Gasteiger partial charge on any atom is -0.381 e. The van der Waals surface area contributed by atoms with Gasteiger partial charge < -0.3 is 20.1 Å². The third-order valence-electron chi connectivity index (χ3n) is 5.07. The van der Waals surface area contributed by atoms with E-state index in [1.165, 1.54) is 12.8 Å². The number of carbonyl (C=O) groups excluding carboxylic acids is 1. The molecule has 122 valence electrons. The molecular formula is C15H27ClN2O3. The molecule has 0 bridgehead atoms. The van der Waals surface area contributed by atoms with Gasteiger partial charge in [-0.2, -0.15) is 0 Å². The molecule has 1 saturated carbocycles. The molecule has 0 aromatic carbocycles. The van der Waals surface area contributed by atoms with Crippen LogP contribution in [-0.4, -0.2) is 55.4 Å². The van der Waals surface area contributed by atoms with Crippen molar-refractivity contribution in [3.8, 4) is 0 Å². The summed E-state index contributed by atoms with van der Waals surface area (Å²) in [5.41, 5.74) is 6.26. The number of halogens is 1. The molecule has 1 aliphatic carbocycles. The number of nitrogens with zero attached hydrogens (tertiary/aromatic N) is 1. The molecule has 2 aliphatic heterocycles. The lowest BCUT2D eigenvalue weighted by molar-refractivity contribution is -0.152. The molecule has 3 unspecified atom stereocenters. The van der Waals surface area contributed by atoms with Crippen molar-refractivity contribution in [1.82, 2.24) is 4.90 Å². The van der Waals surface area contributed by atoms with E-state index in [4.69, 9.17) is 15.2 Å². The zero-order valence-electron chi connectivity index (χ0n) is 12.5. The maximum atomic E-state index is 12.8. The van der Waals surface area contributed by atoms with Crippen LogP contribution >= 0.6 is 12.4 Å². The number of amides is 1. The summed E-state index contributed by atoms with van der Waals surface area (Å²) in [6.45, 7) is 2.84. The molecule has 0 aromatic rings. The fourth-order valence-electron chi connectivity index (χ4n) is 3.84. The summed E-state index contributed by atoms with van der Waals surface area (Å²) in [5.74, 6) is 0.415. The largest absolute Gasteiger partial charge is 0.381 e. The number of fused-ring (bicyclic) bond motifs is 1. The fourth-order valence-corrected chi connectivity index (χ4v) is 3.84. The van der Waals surface area contributed by atoms with Gasteiger partial charge in [-0.1, -0.05) is 12.8 Å². The van der Waals surface area contributed by atoms with Gasteiger partial charge >= 0.3 is 0 Å². The van der Waals surface area contributed by atoms with Crippen LogP contribution in [0, 0.1) is 5.92 Å². The van der Waals surface area contributed by atoms with Crippen LogP contribution in [0.3, 0.4) is 0 Å². The summed E-state index contributed by atoms with van der Waals surface area (Å²) < 4.78 is 11.2. The Labute approximate surface area is 132 Å². The van der Waals surface area contributed by atoms with Gasteiger partial charge in [-0.25, -0.2) is 0 Å². The van der Waals surface area contributed by atoms with Crippen LogP contribution in [0.1, 0.15) is 38.5 Å². The van der Waals surface area contributed by atoms with Crippen LogP contribution in [0.4, 0.5) is 0 Å². The van der Waals surface area contributed by atoms with Crippen LogP contribution < -0.4 is 5.73 Å². The van der Waals surface area contributed by atoms with Gasteiger partial charge in [0.2, 0.25) is 5.91 Å². The molecule has 2 N–H and O–H groups in total. The van der Waals surface area contributed by atoms with Crippen molar-refractivity contribution in [2.75, 3.05) is 26.4 Å². The maximum Gasteiger partial charge on any atom is 0.240 e. The predicted molar refractivity (Wildman–Crippen MR) is 82.5 cm³/mol. The summed E-state index contributed by atoms with van der Waals surface area (Å²) in [6, 6.07) is -0.101. The molecule has 3 aliphatic rings. The zero-order valence-corrected chi connectivity index (χ0v) is 13.4. The van der Waals surface area contributed by atoms with Crippen molar-refractivity contribution in [2.45, 2.75) is 56.7 Å². The Hall–Kier alpha value is -0.360. The number of hydrogen-bond donors (Lipinski definition) is 1. The van der Waals surface area contributed by atoms with Crippen LogP contribution in [0.2, 0.25) is 0 Å². The van der Waals surface area contributed by atoms with Gasteiger partial charge in [-0.05, 0) is 31.6 Å². The molecular weight excluding hydrogens is 292 g/mol. The van der Waals surface area contributed by atoms with E-state index in [-0.39, 0.29) is 42.4 Å². The van der Waals surface area contributed by atoms with Crippen molar-refractivity contribution in [2.24, 2.45) is 11.7 Å². The number of rotatable bonds is 2. The van der Waals surface area contributed by atoms with E-state index in [0.29, 0.717) is 13.2 Å². The standard InChI is InChI=1S/C15H26N2O3.ClH/c16-14(11-5-8-19-9-6-11)15(18)17-7-10-20-13-4-2-1-3-12(13)17;/h11-14H,1-10,16H2;1H. The van der Waals surface area contributed by atoms with Gasteiger partial charge in [0.25, 0.3) is 0 Å². The normalized spacial score (nSPS) is 32.0. The van der Waals surface area contributed by atoms with E-state index in [0.717, 1.165) is 38.9 Å². The first-order valence-electron chi connectivity index (χ1n) is 8.03. The Kier molecular flexibility index (Phi) is 6.29. The van der Waals surface area contributed by atoms with Gasteiger partial charge in [-0.15, -0.1) is 12.4 Å². The second-order valence-electron chi connectivity index (χ2n) is 6.27. The highest BCUT2D eigenvalue weighted by Gasteiger charge is 2.39. The van der Waals surface area contributed by atoms with Gasteiger partial charge in [0.1, 0.15) is 0 Å². The minimum atomic E-state index is -0.362. The fraction of sp³-hybridized carbons (Fsp3) is 0.933. The SMILES string of the molecule is Cl.NC(C(=O)N1CCOC2CCCCC21)C1CCOCC1.